The molecule has 0 bridgehead atoms. The number of thioether (sulfide) groups is 1. The predicted molar refractivity (Wildman–Crippen MR) is 293 cm³/mol. The minimum atomic E-state index is -5.43. The van der Waals surface area contributed by atoms with Gasteiger partial charge in [-0.25, -0.2) is 17.6 Å². The van der Waals surface area contributed by atoms with Crippen molar-refractivity contribution in [1.82, 2.24) is 5.32 Å². The summed E-state index contributed by atoms with van der Waals surface area (Å²) < 4.78 is 102. The number of allylic oxidation sites excluding steroid dienone is 5. The maximum absolute atomic E-state index is 14.0. The number of nitrogens with one attached hydrogen (secondary N) is 1. The first-order valence-corrected chi connectivity index (χ1v) is 32.3. The van der Waals surface area contributed by atoms with Gasteiger partial charge < -0.3 is 54.1 Å². The van der Waals surface area contributed by atoms with Crippen molar-refractivity contribution in [2.45, 2.75) is 76.6 Å². The lowest BCUT2D eigenvalue weighted by molar-refractivity contribution is -0.683. The van der Waals surface area contributed by atoms with Gasteiger partial charge in [-0.05, 0) is 117 Å². The third kappa shape index (κ3) is 17.0. The Morgan fingerprint density at radius 3 is 2.21 bits per heavy atom. The van der Waals surface area contributed by atoms with Crippen LogP contribution in [0.15, 0.2) is 96.6 Å². The van der Waals surface area contributed by atoms with E-state index in [1.54, 1.807) is 18.4 Å². The van der Waals surface area contributed by atoms with Crippen LogP contribution in [0.5, 0.6) is 0 Å². The Labute approximate surface area is 451 Å². The maximum Gasteiger partial charge on any atom is 0.366 e. The number of benzene rings is 2. The lowest BCUT2D eigenvalue weighted by Gasteiger charge is -2.30. The molecule has 1 aromatic heterocycles. The molecule has 420 valence electrons. The molecular formula is C50H73N7O14P2S3. The maximum atomic E-state index is 14.0. The second kappa shape index (κ2) is 28.3. The number of hydrogen-bond donors (Lipinski definition) is 5. The molecule has 3 aromatic rings. The van der Waals surface area contributed by atoms with Crippen molar-refractivity contribution in [3.63, 3.8) is 0 Å². The summed E-state index contributed by atoms with van der Waals surface area (Å²) in [6.07, 6.45) is 8.63. The number of anilines is 1. The number of hydrogen-bond acceptors (Lipinski definition) is 15. The average Bonchev–Trinajstić information content (AvgIpc) is 3.37. The second-order valence-corrected chi connectivity index (χ2v) is 25.4. The molecule has 0 fully saturated rings. The van der Waals surface area contributed by atoms with E-state index in [2.05, 4.69) is 23.7 Å². The minimum absolute atomic E-state index is 0.00383. The van der Waals surface area contributed by atoms with Crippen molar-refractivity contribution >= 4 is 75.9 Å². The molecule has 2 aliphatic carbocycles. The summed E-state index contributed by atoms with van der Waals surface area (Å²) >= 11 is 1.38. The number of aryl methyl sites for hydroxylation is 2. The molecular weight excluding hydrogens is 1080 g/mol. The van der Waals surface area contributed by atoms with Gasteiger partial charge in [0.05, 0.1) is 47.9 Å². The van der Waals surface area contributed by atoms with E-state index in [-0.39, 0.29) is 30.9 Å². The van der Waals surface area contributed by atoms with Crippen molar-refractivity contribution in [3.8, 4) is 0 Å². The van der Waals surface area contributed by atoms with Crippen LogP contribution in [0.4, 0.5) is 11.4 Å². The number of carbonyl (C=O) groups excluding carboxylic acids is 1. The molecule has 0 saturated heterocycles. The number of amides is 1. The third-order valence-electron chi connectivity index (χ3n) is 12.7. The third-order valence-corrected chi connectivity index (χ3v) is 18.7. The first-order valence-electron chi connectivity index (χ1n) is 24.9. The van der Waals surface area contributed by atoms with Crippen LogP contribution in [0.2, 0.25) is 0 Å². The lowest BCUT2D eigenvalue weighted by Crippen LogP contribution is -2.41. The van der Waals surface area contributed by atoms with E-state index in [4.69, 9.17) is 24.0 Å². The zero-order valence-electron chi connectivity index (χ0n) is 44.4. The highest BCUT2D eigenvalue weighted by Gasteiger charge is 2.32. The van der Waals surface area contributed by atoms with Gasteiger partial charge >= 0.3 is 15.5 Å². The zero-order valence-corrected chi connectivity index (χ0v) is 48.6. The van der Waals surface area contributed by atoms with Crippen molar-refractivity contribution in [2.24, 2.45) is 27.6 Å². The van der Waals surface area contributed by atoms with Gasteiger partial charge in [0.2, 0.25) is 5.91 Å². The second-order valence-electron chi connectivity index (χ2n) is 18.1. The average molecular weight is 1150 g/mol. The fraction of sp³-hybridized carbons (Fsp3) is 0.500. The van der Waals surface area contributed by atoms with E-state index in [0.717, 1.165) is 66.2 Å². The molecule has 0 radical (unpaired) electrons. The summed E-state index contributed by atoms with van der Waals surface area (Å²) in [5.41, 5.74) is 12.6. The van der Waals surface area contributed by atoms with Gasteiger partial charge in [-0.3, -0.25) is 9.32 Å². The van der Waals surface area contributed by atoms with Gasteiger partial charge in [-0.15, -0.1) is 6.61 Å². The molecule has 26 heteroatoms. The van der Waals surface area contributed by atoms with E-state index in [0.29, 0.717) is 54.5 Å². The Kier molecular flexibility index (Phi) is 23.4. The van der Waals surface area contributed by atoms with Crippen LogP contribution in [0.1, 0.15) is 68.6 Å². The van der Waals surface area contributed by atoms with Crippen LogP contribution >= 0.6 is 27.2 Å². The van der Waals surface area contributed by atoms with Crippen LogP contribution in [0.25, 0.3) is 5.57 Å². The van der Waals surface area contributed by atoms with Crippen molar-refractivity contribution in [2.75, 3.05) is 89.3 Å². The molecule has 1 amide bonds. The Balaban J connectivity index is 1.51. The topological polar surface area (TPSA) is 302 Å². The number of fused-ring (bicyclic) bond motifs is 2. The first-order chi connectivity index (χ1) is 35.9. The van der Waals surface area contributed by atoms with E-state index in [1.807, 2.05) is 89.6 Å². The van der Waals surface area contributed by atoms with E-state index >= 15 is 0 Å². The summed E-state index contributed by atoms with van der Waals surface area (Å²) in [6.45, 7) is 12.9. The highest BCUT2D eigenvalue weighted by molar-refractivity contribution is 7.98. The highest BCUT2D eigenvalue weighted by atomic mass is 32.2. The molecule has 0 spiro atoms. The van der Waals surface area contributed by atoms with Crippen molar-refractivity contribution in [1.29, 1.82) is 0 Å². The van der Waals surface area contributed by atoms with Crippen molar-refractivity contribution in [3.05, 3.63) is 106 Å². The summed E-state index contributed by atoms with van der Waals surface area (Å²) in [5.74, 6) is -0.887. The molecule has 5 rings (SSSR count). The quantitative estimate of drug-likeness (QED) is 0.0271. The van der Waals surface area contributed by atoms with E-state index < -0.39 is 83.1 Å². The standard InChI is InChI=1S/C50H73N7O14P2S3/c1-9-56(10-2)42-14-17-45-38(27-42)26-39-28-43(57(11-3)12-4)15-18-46(39)50(45)47-19-16-44(29-48(47)76(65,66)67)75(63,64)54-72(60,61)69-33-41(52-49(59)20-23-74-8)34-71-73(62,53-40-24-35(5)55(7)36(6)25-40)70-32-37(30-58)31-68-22-13-21-51/h14-19,24-25,27-29,37,41H,9-13,20-23,26,30-34,51H2,1-8H3,(H4-,52,59,60,61,62,65,66,67). The Morgan fingerprint density at radius 2 is 1.59 bits per heavy atom. The predicted octanol–water partition coefficient (Wildman–Crippen LogP) is 4.75. The number of pyridine rings is 1. The molecule has 3 atom stereocenters. The van der Waals surface area contributed by atoms with E-state index in [9.17, 15) is 46.0 Å². The van der Waals surface area contributed by atoms with Crippen LogP contribution < -0.4 is 25.6 Å². The molecule has 6 N–H and O–H groups in total. The number of ether oxygens (including phenoxy) is 1. The van der Waals surface area contributed by atoms with Gasteiger partial charge in [0.1, 0.15) is 30.3 Å². The minimum Gasteiger partial charge on any atom is -0.854 e. The Bertz CT molecular complexity index is 3020. The fourth-order valence-corrected chi connectivity index (χ4v) is 13.6. The van der Waals surface area contributed by atoms with Gasteiger partial charge in [-0.1, -0.05) is 16.3 Å². The molecule has 2 aliphatic rings. The Morgan fingerprint density at radius 1 is 0.934 bits per heavy atom. The molecule has 0 saturated carbocycles. The van der Waals surface area contributed by atoms with Gasteiger partial charge in [0, 0.05) is 81.3 Å². The lowest BCUT2D eigenvalue weighted by atomic mass is 9.77. The van der Waals surface area contributed by atoms with Gasteiger partial charge in [0.15, 0.2) is 17.1 Å². The smallest absolute Gasteiger partial charge is 0.366 e. The van der Waals surface area contributed by atoms with Crippen molar-refractivity contribution < 1.29 is 73.4 Å². The number of rotatable bonds is 29. The molecule has 2 aromatic carbocycles. The van der Waals surface area contributed by atoms with Crippen LogP contribution in [-0.4, -0.2) is 143 Å². The number of sulfonamides is 1. The SMILES string of the molecule is CCN(CC)c1ccc2c(c1)CC1=CC(=[N+](CC)CC)C=CC1=C2c1ccc(S(=O)(=O)N=P(O)(O)OCC(COP(O)(=Nc2cc(C)[n+](C)c(C)c2)OCC(C[O-])COCCCN)NC(=O)CCSC)cc1S(=O)(=O)[O-]. The largest absolute Gasteiger partial charge is 0.854 e. The molecule has 21 nitrogen and oxygen atoms in total. The Hall–Kier alpha value is -3.94. The highest BCUT2D eigenvalue weighted by Crippen LogP contribution is 2.51. The summed E-state index contributed by atoms with van der Waals surface area (Å²) in [5, 5.41) is 14.7. The zero-order chi connectivity index (χ0) is 56.0. The van der Waals surface area contributed by atoms with Gasteiger partial charge in [-0.2, -0.15) is 24.9 Å². The first kappa shape index (κ1) is 62.9. The number of aromatic nitrogens is 1. The fourth-order valence-electron chi connectivity index (χ4n) is 8.46. The number of nitrogens with zero attached hydrogens (tertiary/aromatic N) is 5. The summed E-state index contributed by atoms with van der Waals surface area (Å²) in [6, 6.07) is 10.7. The van der Waals surface area contributed by atoms with Crippen LogP contribution in [0, 0.1) is 19.8 Å². The van der Waals surface area contributed by atoms with Gasteiger partial charge in [0.25, 0.3) is 10.0 Å². The molecule has 76 heavy (non-hydrogen) atoms. The number of carbonyl (C=O) groups is 1. The summed E-state index contributed by atoms with van der Waals surface area (Å²) in [4.78, 5) is 47.7. The van der Waals surface area contributed by atoms with E-state index in [1.165, 1.54) is 17.8 Å². The van der Waals surface area contributed by atoms with Crippen LogP contribution in [-0.2, 0) is 56.7 Å². The molecule has 0 aliphatic heterocycles. The molecule has 3 unspecified atom stereocenters. The molecule has 1 heterocycles. The normalized spacial score (nSPS) is 15.3. The number of nitrogens with two attached hydrogens (primary N) is 1. The van der Waals surface area contributed by atoms with Crippen LogP contribution in [0.3, 0.4) is 0 Å². The monoisotopic (exact) mass is 1150 g/mol. The summed E-state index contributed by atoms with van der Waals surface area (Å²) in [7, 11) is -18.5.